The van der Waals surface area contributed by atoms with Gasteiger partial charge in [-0.2, -0.15) is 0 Å². The Bertz CT molecular complexity index is 858. The second-order valence-corrected chi connectivity index (χ2v) is 9.21. The van der Waals surface area contributed by atoms with Crippen molar-refractivity contribution in [3.05, 3.63) is 60.2 Å². The van der Waals surface area contributed by atoms with Gasteiger partial charge in [-0.05, 0) is 36.0 Å². The van der Waals surface area contributed by atoms with Crippen LogP contribution in [0.5, 0.6) is 0 Å². The molecule has 2 aromatic rings. The van der Waals surface area contributed by atoms with Crippen LogP contribution in [0.2, 0.25) is 0 Å². The van der Waals surface area contributed by atoms with Crippen LogP contribution in [0.15, 0.2) is 54.6 Å². The fraction of sp³-hybridized carbons (Fsp3) is 0.423. The maximum absolute atomic E-state index is 13.0. The zero-order valence-corrected chi connectivity index (χ0v) is 18.6. The van der Waals surface area contributed by atoms with Gasteiger partial charge in [-0.25, -0.2) is 0 Å². The normalized spacial score (nSPS) is 12.5. The largest absolute Gasteiger partial charge is 0.463 e. The topological polar surface area (TPSA) is 60.4 Å². The van der Waals surface area contributed by atoms with E-state index in [1.54, 1.807) is 13.8 Å². The van der Waals surface area contributed by atoms with E-state index in [0.29, 0.717) is 0 Å². The van der Waals surface area contributed by atoms with E-state index in [0.717, 1.165) is 16.7 Å². The van der Waals surface area contributed by atoms with E-state index < -0.39 is 11.9 Å². The molecular weight excluding hydrogens is 376 g/mol. The minimum absolute atomic E-state index is 0.116. The molecule has 4 heteroatoms. The van der Waals surface area contributed by atoms with Crippen LogP contribution in [0.25, 0.3) is 11.1 Å². The second kappa shape index (κ2) is 10.3. The number of hydrogen-bond donors (Lipinski definition) is 0. The van der Waals surface area contributed by atoms with Crippen LogP contribution in [-0.4, -0.2) is 23.6 Å². The molecule has 1 unspecified atom stereocenters. The Morgan fingerprint density at radius 2 is 1.40 bits per heavy atom. The van der Waals surface area contributed by atoms with E-state index in [1.807, 2.05) is 75.4 Å². The lowest BCUT2D eigenvalue weighted by molar-refractivity contribution is -0.152. The number of esters is 1. The Balaban J connectivity index is 2.14. The number of Topliss-reactive ketones (excluding diaryl/α,β-unsaturated/α-hetero) is 2. The third-order valence-electron chi connectivity index (χ3n) is 4.66. The molecule has 0 saturated carbocycles. The van der Waals surface area contributed by atoms with Crippen molar-refractivity contribution in [3.63, 3.8) is 0 Å². The lowest BCUT2D eigenvalue weighted by Crippen LogP contribution is -2.31. The van der Waals surface area contributed by atoms with Gasteiger partial charge in [0.25, 0.3) is 0 Å². The SMILES string of the molecule is CC(C)OC(=O)CC(C(=O)Cc1ccc(-c2ccccc2)cc1)C(=O)CC(C)(C)C. The molecule has 2 rings (SSSR count). The number of rotatable bonds is 9. The monoisotopic (exact) mass is 408 g/mol. The summed E-state index contributed by atoms with van der Waals surface area (Å²) in [5, 5.41) is 0. The minimum Gasteiger partial charge on any atom is -0.463 e. The van der Waals surface area contributed by atoms with E-state index in [2.05, 4.69) is 0 Å². The summed E-state index contributed by atoms with van der Waals surface area (Å²) in [4.78, 5) is 38.0. The standard InChI is InChI=1S/C26H32O4/c1-18(2)30-25(29)16-22(24(28)17-26(3,4)5)23(27)15-19-11-13-21(14-12-19)20-9-7-6-8-10-20/h6-14,18,22H,15-17H2,1-5H3. The quantitative estimate of drug-likeness (QED) is 0.410. The molecule has 0 radical (unpaired) electrons. The molecular formula is C26H32O4. The highest BCUT2D eigenvalue weighted by molar-refractivity contribution is 6.05. The summed E-state index contributed by atoms with van der Waals surface area (Å²) in [7, 11) is 0. The van der Waals surface area contributed by atoms with Crippen molar-refractivity contribution in [2.45, 2.75) is 60.0 Å². The molecule has 2 aromatic carbocycles. The van der Waals surface area contributed by atoms with Crippen LogP contribution in [0.4, 0.5) is 0 Å². The van der Waals surface area contributed by atoms with Gasteiger partial charge in [0.05, 0.1) is 18.4 Å². The molecule has 0 aliphatic heterocycles. The average Bonchev–Trinajstić information content (AvgIpc) is 2.65. The summed E-state index contributed by atoms with van der Waals surface area (Å²) in [5.41, 5.74) is 2.73. The molecule has 1 atom stereocenters. The first kappa shape index (κ1) is 23.5. The fourth-order valence-corrected chi connectivity index (χ4v) is 3.30. The Kier molecular flexibility index (Phi) is 8.10. The Morgan fingerprint density at radius 3 is 1.93 bits per heavy atom. The molecule has 0 bridgehead atoms. The highest BCUT2D eigenvalue weighted by Gasteiger charge is 2.32. The number of ether oxygens (including phenoxy) is 1. The van der Waals surface area contributed by atoms with E-state index in [4.69, 9.17) is 4.74 Å². The smallest absolute Gasteiger partial charge is 0.307 e. The Hall–Kier alpha value is -2.75. The molecule has 0 aliphatic rings. The molecule has 0 N–H and O–H groups in total. The van der Waals surface area contributed by atoms with Crippen molar-refractivity contribution in [2.75, 3.05) is 0 Å². The number of hydrogen-bond acceptors (Lipinski definition) is 4. The average molecular weight is 409 g/mol. The van der Waals surface area contributed by atoms with Crippen LogP contribution in [0.3, 0.4) is 0 Å². The van der Waals surface area contributed by atoms with Crippen molar-refractivity contribution in [3.8, 4) is 11.1 Å². The summed E-state index contributed by atoms with van der Waals surface area (Å²) in [6.07, 6.45) is -0.124. The molecule has 0 aromatic heterocycles. The van der Waals surface area contributed by atoms with Crippen LogP contribution in [-0.2, 0) is 25.5 Å². The van der Waals surface area contributed by atoms with E-state index in [9.17, 15) is 14.4 Å². The molecule has 0 saturated heterocycles. The summed E-state index contributed by atoms with van der Waals surface area (Å²) in [5.74, 6) is -1.92. The first-order valence-electron chi connectivity index (χ1n) is 10.4. The molecule has 4 nitrogen and oxygen atoms in total. The number of carbonyl (C=O) groups is 3. The number of ketones is 2. The highest BCUT2D eigenvalue weighted by Crippen LogP contribution is 2.25. The van der Waals surface area contributed by atoms with Crippen molar-refractivity contribution in [1.29, 1.82) is 0 Å². The van der Waals surface area contributed by atoms with Gasteiger partial charge in [-0.15, -0.1) is 0 Å². The van der Waals surface area contributed by atoms with Gasteiger partial charge in [-0.1, -0.05) is 75.4 Å². The van der Waals surface area contributed by atoms with Crippen LogP contribution in [0.1, 0.15) is 53.0 Å². The molecule has 0 amide bonds. The molecule has 0 heterocycles. The zero-order chi connectivity index (χ0) is 22.3. The summed E-state index contributed by atoms with van der Waals surface area (Å²) >= 11 is 0. The lowest BCUT2D eigenvalue weighted by Gasteiger charge is -2.21. The number of benzene rings is 2. The van der Waals surface area contributed by atoms with Crippen molar-refractivity contribution >= 4 is 17.5 Å². The third-order valence-corrected chi connectivity index (χ3v) is 4.66. The van der Waals surface area contributed by atoms with Crippen molar-refractivity contribution in [2.24, 2.45) is 11.3 Å². The van der Waals surface area contributed by atoms with Gasteiger partial charge in [0.2, 0.25) is 0 Å². The van der Waals surface area contributed by atoms with Crippen LogP contribution >= 0.6 is 0 Å². The van der Waals surface area contributed by atoms with E-state index in [-0.39, 0.29) is 42.3 Å². The van der Waals surface area contributed by atoms with Gasteiger partial charge in [0.15, 0.2) is 0 Å². The summed E-state index contributed by atoms with van der Waals surface area (Å²) in [6, 6.07) is 17.7. The maximum Gasteiger partial charge on any atom is 0.307 e. The van der Waals surface area contributed by atoms with Gasteiger partial charge < -0.3 is 4.74 Å². The Morgan fingerprint density at radius 1 is 0.833 bits per heavy atom. The molecule has 160 valence electrons. The van der Waals surface area contributed by atoms with Crippen LogP contribution in [0, 0.1) is 11.3 Å². The second-order valence-electron chi connectivity index (χ2n) is 9.21. The predicted octanol–water partition coefficient (Wildman–Crippen LogP) is 5.43. The van der Waals surface area contributed by atoms with Gasteiger partial charge in [0.1, 0.15) is 11.6 Å². The highest BCUT2D eigenvalue weighted by atomic mass is 16.5. The fourth-order valence-electron chi connectivity index (χ4n) is 3.30. The first-order chi connectivity index (χ1) is 14.0. The molecule has 0 fully saturated rings. The summed E-state index contributed by atoms with van der Waals surface area (Å²) < 4.78 is 5.18. The Labute approximate surface area is 179 Å². The molecule has 0 spiro atoms. The maximum atomic E-state index is 13.0. The van der Waals surface area contributed by atoms with Crippen molar-refractivity contribution < 1.29 is 19.1 Å². The van der Waals surface area contributed by atoms with E-state index in [1.165, 1.54) is 0 Å². The van der Waals surface area contributed by atoms with Crippen molar-refractivity contribution in [1.82, 2.24) is 0 Å². The molecule has 0 aliphatic carbocycles. The van der Waals surface area contributed by atoms with Gasteiger partial charge in [-0.3, -0.25) is 14.4 Å². The summed E-state index contributed by atoms with van der Waals surface area (Å²) in [6.45, 7) is 9.34. The predicted molar refractivity (Wildman–Crippen MR) is 119 cm³/mol. The van der Waals surface area contributed by atoms with Gasteiger partial charge in [0, 0.05) is 12.8 Å². The third kappa shape index (κ3) is 7.58. The molecule has 30 heavy (non-hydrogen) atoms. The van der Waals surface area contributed by atoms with Gasteiger partial charge >= 0.3 is 5.97 Å². The lowest BCUT2D eigenvalue weighted by atomic mass is 9.82. The number of carbonyl (C=O) groups excluding carboxylic acids is 3. The zero-order valence-electron chi connectivity index (χ0n) is 18.6. The van der Waals surface area contributed by atoms with Crippen LogP contribution < -0.4 is 0 Å². The minimum atomic E-state index is -0.968. The first-order valence-corrected chi connectivity index (χ1v) is 10.4. The van der Waals surface area contributed by atoms with E-state index >= 15 is 0 Å².